The molecule has 2 atom stereocenters. The van der Waals surface area contributed by atoms with Crippen molar-refractivity contribution in [3.63, 3.8) is 0 Å². The first-order chi connectivity index (χ1) is 22.0. The second-order valence-corrected chi connectivity index (χ2v) is 9.76. The lowest BCUT2D eigenvalue weighted by Crippen LogP contribution is -2.18. The Labute approximate surface area is 278 Å². The molecule has 0 unspecified atom stereocenters. The van der Waals surface area contributed by atoms with Crippen LogP contribution in [0.4, 0.5) is 0 Å². The number of aromatic carboxylic acids is 2. The van der Waals surface area contributed by atoms with Crippen molar-refractivity contribution in [3.05, 3.63) is 59.2 Å². The zero-order valence-corrected chi connectivity index (χ0v) is 26.2. The van der Waals surface area contributed by atoms with Crippen LogP contribution < -0.4 is 18.9 Å². The molecule has 0 aliphatic heterocycles. The van der Waals surface area contributed by atoms with Crippen LogP contribution in [0, 0.1) is 0 Å². The number of hydrogen-bond acceptors (Lipinski definition) is 14. The molecule has 4 rings (SSSR count). The van der Waals surface area contributed by atoms with Crippen molar-refractivity contribution in [2.24, 2.45) is 14.1 Å². The van der Waals surface area contributed by atoms with Crippen molar-refractivity contribution in [2.45, 2.75) is 54.1 Å². The van der Waals surface area contributed by atoms with E-state index in [1.807, 2.05) is 13.8 Å². The number of carboxylic acid groups (broad SMARTS) is 2. The molecule has 0 spiro atoms. The summed E-state index contributed by atoms with van der Waals surface area (Å²) in [4.78, 5) is 23.8. The van der Waals surface area contributed by atoms with Gasteiger partial charge in [0.05, 0.1) is 31.4 Å². The van der Waals surface area contributed by atoms with Crippen LogP contribution in [0.3, 0.4) is 0 Å². The average Bonchev–Trinajstić information content (AvgIpc) is 3.62. The van der Waals surface area contributed by atoms with Crippen molar-refractivity contribution >= 4 is 11.9 Å². The van der Waals surface area contributed by atoms with E-state index in [0.717, 1.165) is 0 Å². The highest BCUT2D eigenvalue weighted by Gasteiger charge is 2.14. The van der Waals surface area contributed by atoms with Crippen molar-refractivity contribution < 1.29 is 48.2 Å². The fourth-order valence-corrected chi connectivity index (χ4v) is 3.74. The van der Waals surface area contributed by atoms with Crippen LogP contribution in [0.5, 0.6) is 23.0 Å². The minimum absolute atomic E-state index is 0. The molecule has 0 saturated heterocycles. The van der Waals surface area contributed by atoms with Gasteiger partial charge in [-0.25, -0.2) is 14.3 Å². The molecule has 0 aliphatic carbocycles. The molecule has 2 aromatic heterocycles. The lowest BCUT2D eigenvalue weighted by molar-refractivity contribution is 0.0683. The zero-order chi connectivity index (χ0) is 33.6. The van der Waals surface area contributed by atoms with E-state index in [9.17, 15) is 19.8 Å². The van der Waals surface area contributed by atoms with E-state index in [2.05, 4.69) is 30.9 Å². The quantitative estimate of drug-likeness (QED) is 0.174. The minimum atomic E-state index is -1.07. The van der Waals surface area contributed by atoms with Gasteiger partial charge in [-0.15, -0.1) is 15.3 Å². The number of rotatable bonds is 16. The molecule has 2 aromatic carbocycles. The predicted molar refractivity (Wildman–Crippen MR) is 170 cm³/mol. The van der Waals surface area contributed by atoms with Crippen molar-refractivity contribution in [3.8, 4) is 23.0 Å². The minimum Gasteiger partial charge on any atom is -0.488 e. The maximum Gasteiger partial charge on any atom is 0.335 e. The van der Waals surface area contributed by atoms with Gasteiger partial charge in [0, 0.05) is 33.4 Å². The first kappa shape index (κ1) is 40.7. The van der Waals surface area contributed by atoms with Gasteiger partial charge in [0.15, 0.2) is 12.4 Å². The molecule has 18 nitrogen and oxygen atoms in total. The largest absolute Gasteiger partial charge is 0.488 e. The summed E-state index contributed by atoms with van der Waals surface area (Å²) < 4.78 is 33.8. The first-order valence-corrected chi connectivity index (χ1v) is 13.7. The molecule has 264 valence electrons. The van der Waals surface area contributed by atoms with E-state index in [0.29, 0.717) is 47.9 Å². The van der Waals surface area contributed by atoms with E-state index in [4.69, 9.17) is 28.4 Å². The highest BCUT2D eigenvalue weighted by Crippen LogP contribution is 2.26. The Balaban J connectivity index is 0.000000461. The summed E-state index contributed by atoms with van der Waals surface area (Å²) in [6.07, 6.45) is -0.446. The number of carbonyl (C=O) groups is 2. The molecule has 0 saturated carbocycles. The predicted octanol–water partition coefficient (Wildman–Crippen LogP) is 3.07. The third-order valence-corrected chi connectivity index (χ3v) is 5.72. The maximum absolute atomic E-state index is 11.2. The van der Waals surface area contributed by atoms with Crippen LogP contribution in [0.25, 0.3) is 0 Å². The third-order valence-electron chi connectivity index (χ3n) is 5.72. The molecule has 48 heavy (non-hydrogen) atoms. The number of nitrogens with zero attached hydrogens (tertiary/aromatic N) is 8. The Morgan fingerprint density at radius 1 is 0.729 bits per heavy atom. The van der Waals surface area contributed by atoms with Gasteiger partial charge in [-0.2, -0.15) is 4.80 Å². The summed E-state index contributed by atoms with van der Waals surface area (Å²) in [7, 11) is 6.46. The lowest BCUT2D eigenvalue weighted by Gasteiger charge is -2.15. The topological polar surface area (TPSA) is 217 Å². The fourth-order valence-electron chi connectivity index (χ4n) is 3.74. The van der Waals surface area contributed by atoms with Gasteiger partial charge < -0.3 is 38.6 Å². The van der Waals surface area contributed by atoms with Gasteiger partial charge in [0.2, 0.25) is 5.82 Å². The van der Waals surface area contributed by atoms with Crippen molar-refractivity contribution in [1.82, 2.24) is 40.4 Å². The Hall–Kier alpha value is -5.36. The molecular formula is C30H44N8O10. The molecule has 2 heterocycles. The van der Waals surface area contributed by atoms with Crippen LogP contribution >= 0.6 is 0 Å². The molecule has 0 aliphatic rings. The maximum atomic E-state index is 11.2. The van der Waals surface area contributed by atoms with Crippen LogP contribution in [0.1, 0.15) is 61.1 Å². The van der Waals surface area contributed by atoms with Crippen LogP contribution in [0.2, 0.25) is 0 Å². The van der Waals surface area contributed by atoms with E-state index in [1.54, 1.807) is 40.4 Å². The number of methoxy groups -OCH3 is 2. The average molecular weight is 677 g/mol. The van der Waals surface area contributed by atoms with Gasteiger partial charge in [-0.05, 0) is 53.8 Å². The van der Waals surface area contributed by atoms with E-state index in [1.165, 1.54) is 33.7 Å². The van der Waals surface area contributed by atoms with Crippen LogP contribution in [-0.2, 0) is 36.8 Å². The Bertz CT molecular complexity index is 1580. The molecule has 0 fully saturated rings. The highest BCUT2D eigenvalue weighted by molar-refractivity contribution is 5.89. The van der Waals surface area contributed by atoms with Gasteiger partial charge in [-0.3, -0.25) is 0 Å². The van der Waals surface area contributed by atoms with E-state index in [-0.39, 0.29) is 51.4 Å². The number of aromatic nitrogens is 8. The zero-order valence-electron chi connectivity index (χ0n) is 26.2. The monoisotopic (exact) mass is 676 g/mol. The summed E-state index contributed by atoms with van der Waals surface area (Å²) in [5.41, 5.74) is 0.132. The van der Waals surface area contributed by atoms with E-state index >= 15 is 0 Å². The van der Waals surface area contributed by atoms with Crippen LogP contribution in [-0.4, -0.2) is 102 Å². The summed E-state index contributed by atoms with van der Waals surface area (Å²) in [5.74, 6) is 0.239. The number of aryl methyl sites for hydroxylation is 2. The molecule has 4 aromatic rings. The highest BCUT2D eigenvalue weighted by atomic mass is 16.5. The number of benzene rings is 2. The Morgan fingerprint density at radius 3 is 1.60 bits per heavy atom. The number of hydrogen-bond donors (Lipinski definition) is 2. The number of carboxylic acids is 2. The molecule has 0 radical (unpaired) electrons. The smallest absolute Gasteiger partial charge is 0.335 e. The Kier molecular flexibility index (Phi) is 16.9. The van der Waals surface area contributed by atoms with Crippen molar-refractivity contribution in [2.75, 3.05) is 27.4 Å². The molecular weight excluding hydrogens is 632 g/mol. The fraction of sp³-hybridized carbons (Fsp3) is 0.467. The standard InChI is InChI=1S/2C14H18N4O5.2CH4/c1-9(7-21-3)23-12-5-10(14(19)20)4-11(6-12)22-8-13-15-16-17-18(13)2;1-9(7-21-3)23-12-5-10(14(19)20)4-11(6-12)22-8-13-15-17-18(2)16-13;;/h2*4-6,9H,7-8H2,1-3H3,(H,19,20);2*1H4/t2*9-;;/m00../s1. The summed E-state index contributed by atoms with van der Waals surface area (Å²) in [6.45, 7) is 4.60. The summed E-state index contributed by atoms with van der Waals surface area (Å²) >= 11 is 0. The van der Waals surface area contributed by atoms with Crippen LogP contribution in [0.15, 0.2) is 36.4 Å². The SMILES string of the molecule is C.C.COC[C@H](C)Oc1cc(OCc2nnn(C)n2)cc(C(=O)O)c1.COC[C@H](C)Oc1cc(OCc2nnnn2C)cc(C(=O)O)c1. The summed E-state index contributed by atoms with van der Waals surface area (Å²) in [5, 5.41) is 40.9. The first-order valence-electron chi connectivity index (χ1n) is 13.7. The molecule has 0 amide bonds. The third kappa shape index (κ3) is 13.2. The van der Waals surface area contributed by atoms with E-state index < -0.39 is 11.9 Å². The Morgan fingerprint density at radius 2 is 1.21 bits per heavy atom. The van der Waals surface area contributed by atoms with Gasteiger partial charge in [0.1, 0.15) is 41.8 Å². The second kappa shape index (κ2) is 20.0. The molecule has 0 bridgehead atoms. The molecule has 2 N–H and O–H groups in total. The molecule has 18 heteroatoms. The van der Waals surface area contributed by atoms with Gasteiger partial charge in [0.25, 0.3) is 0 Å². The summed E-state index contributed by atoms with van der Waals surface area (Å²) in [6, 6.07) is 8.91. The van der Waals surface area contributed by atoms with Crippen molar-refractivity contribution in [1.29, 1.82) is 0 Å². The number of tetrazole rings is 2. The normalized spacial score (nSPS) is 11.5. The number of ether oxygens (including phenoxy) is 6. The van der Waals surface area contributed by atoms with Gasteiger partial charge in [-0.1, -0.05) is 14.9 Å². The second-order valence-electron chi connectivity index (χ2n) is 9.76. The van der Waals surface area contributed by atoms with Gasteiger partial charge >= 0.3 is 11.9 Å². The lowest BCUT2D eigenvalue weighted by atomic mass is 10.2.